The van der Waals surface area contributed by atoms with Crippen molar-refractivity contribution in [2.75, 3.05) is 5.75 Å². The van der Waals surface area contributed by atoms with E-state index in [9.17, 15) is 9.90 Å². The molecule has 1 aliphatic heterocycles. The van der Waals surface area contributed by atoms with Gasteiger partial charge < -0.3 is 19.9 Å². The normalized spacial score (nSPS) is 20.9. The Balaban J connectivity index is 1.30. The van der Waals surface area contributed by atoms with Gasteiger partial charge in [-0.1, -0.05) is 79.7 Å². The van der Waals surface area contributed by atoms with Gasteiger partial charge in [0.15, 0.2) is 6.29 Å². The van der Waals surface area contributed by atoms with Crippen molar-refractivity contribution in [3.63, 3.8) is 0 Å². The number of nitrogens with one attached hydrogen (secondary N) is 1. The zero-order chi connectivity index (χ0) is 27.0. The van der Waals surface area contributed by atoms with Crippen molar-refractivity contribution in [3.05, 3.63) is 131 Å². The number of aliphatic hydroxyl groups is 1. The molecule has 1 fully saturated rings. The Morgan fingerprint density at radius 2 is 1.56 bits per heavy atom. The summed E-state index contributed by atoms with van der Waals surface area (Å²) in [5.74, 6) is 0.744. The Morgan fingerprint density at radius 3 is 2.26 bits per heavy atom. The summed E-state index contributed by atoms with van der Waals surface area (Å²) in [7, 11) is 0. The van der Waals surface area contributed by atoms with Gasteiger partial charge in [0.1, 0.15) is 0 Å². The molecule has 4 unspecified atom stereocenters. The van der Waals surface area contributed by atoms with Gasteiger partial charge in [-0.25, -0.2) is 4.98 Å². The maximum atomic E-state index is 12.4. The molecule has 3 aromatic carbocycles. The Hall–Kier alpha value is -3.49. The first-order valence-electron chi connectivity index (χ1n) is 13.1. The molecule has 4 atom stereocenters. The van der Waals surface area contributed by atoms with E-state index in [1.54, 1.807) is 30.1 Å². The maximum Gasteiger partial charge on any atom is 0.251 e. The van der Waals surface area contributed by atoms with Crippen LogP contribution in [0.5, 0.6) is 0 Å². The van der Waals surface area contributed by atoms with Crippen LogP contribution in [0.1, 0.15) is 51.9 Å². The minimum absolute atomic E-state index is 0.00852. The van der Waals surface area contributed by atoms with Crippen molar-refractivity contribution in [3.8, 4) is 0 Å². The van der Waals surface area contributed by atoms with Gasteiger partial charge in [0.05, 0.1) is 23.8 Å². The third kappa shape index (κ3) is 6.94. The first-order valence-corrected chi connectivity index (χ1v) is 14.1. The van der Waals surface area contributed by atoms with E-state index in [0.717, 1.165) is 33.0 Å². The van der Waals surface area contributed by atoms with Crippen LogP contribution in [0.25, 0.3) is 0 Å². The zero-order valence-corrected chi connectivity index (χ0v) is 22.6. The molecule has 1 aliphatic rings. The van der Waals surface area contributed by atoms with Gasteiger partial charge in [0.25, 0.3) is 5.91 Å². The highest BCUT2D eigenvalue weighted by Crippen LogP contribution is 2.42. The predicted octanol–water partition coefficient (Wildman–Crippen LogP) is 6.09. The lowest BCUT2D eigenvalue weighted by Crippen LogP contribution is -2.38. The van der Waals surface area contributed by atoms with Crippen molar-refractivity contribution < 1.29 is 19.4 Å². The largest absolute Gasteiger partial charge is 0.392 e. The molecule has 1 saturated heterocycles. The van der Waals surface area contributed by atoms with Crippen LogP contribution < -0.4 is 5.32 Å². The summed E-state index contributed by atoms with van der Waals surface area (Å²) in [6.07, 6.45) is 1.03. The van der Waals surface area contributed by atoms with E-state index in [1.165, 1.54) is 0 Å². The predicted molar refractivity (Wildman–Crippen MR) is 152 cm³/mol. The Labute approximate surface area is 233 Å². The van der Waals surface area contributed by atoms with Crippen LogP contribution in [0.4, 0.5) is 0 Å². The fourth-order valence-electron chi connectivity index (χ4n) is 4.58. The van der Waals surface area contributed by atoms with E-state index in [4.69, 9.17) is 9.47 Å². The molecule has 0 aliphatic carbocycles. The fourth-order valence-corrected chi connectivity index (χ4v) is 5.60. The molecule has 0 saturated carbocycles. The van der Waals surface area contributed by atoms with E-state index in [0.29, 0.717) is 12.1 Å². The molecule has 2 N–H and O–H groups in total. The quantitative estimate of drug-likeness (QED) is 0.250. The number of rotatable bonds is 9. The molecule has 7 heteroatoms. The third-order valence-electron chi connectivity index (χ3n) is 6.90. The first-order chi connectivity index (χ1) is 19.1. The summed E-state index contributed by atoms with van der Waals surface area (Å²) < 4.78 is 13.1. The molecule has 1 aromatic heterocycles. The van der Waals surface area contributed by atoms with Gasteiger partial charge in [0.2, 0.25) is 0 Å². The van der Waals surface area contributed by atoms with Crippen LogP contribution in [0, 0.1) is 5.92 Å². The number of aromatic nitrogens is 1. The number of carbonyl (C=O) groups is 1. The van der Waals surface area contributed by atoms with Gasteiger partial charge in [-0.3, -0.25) is 4.79 Å². The first kappa shape index (κ1) is 27.1. The molecule has 0 spiro atoms. The van der Waals surface area contributed by atoms with Gasteiger partial charge in [-0.05, 0) is 41.0 Å². The number of benzene rings is 3. The van der Waals surface area contributed by atoms with Crippen LogP contribution in [0.2, 0.25) is 0 Å². The molecular formula is C32H32N2O4S. The second-order valence-corrected chi connectivity index (χ2v) is 10.6. The van der Waals surface area contributed by atoms with E-state index < -0.39 is 6.29 Å². The zero-order valence-electron chi connectivity index (χ0n) is 21.8. The summed E-state index contributed by atoms with van der Waals surface area (Å²) in [6, 6.07) is 31.0. The molecule has 0 radical (unpaired) electrons. The molecule has 2 heterocycles. The number of aliphatic hydroxyl groups excluding tert-OH is 1. The Bertz CT molecular complexity index is 1330. The van der Waals surface area contributed by atoms with Gasteiger partial charge in [-0.2, -0.15) is 0 Å². The Morgan fingerprint density at radius 1 is 0.872 bits per heavy atom. The molecule has 39 heavy (non-hydrogen) atoms. The number of ether oxygens (including phenoxy) is 2. The lowest BCUT2D eigenvalue weighted by molar-refractivity contribution is -0.268. The number of pyridine rings is 1. The highest BCUT2D eigenvalue weighted by Gasteiger charge is 2.38. The smallest absolute Gasteiger partial charge is 0.251 e. The number of nitrogens with zero attached hydrogens (tertiary/aromatic N) is 1. The van der Waals surface area contributed by atoms with Crippen LogP contribution in [0.3, 0.4) is 0 Å². The van der Waals surface area contributed by atoms with Gasteiger partial charge in [0, 0.05) is 35.5 Å². The fraction of sp³-hybridized carbons (Fsp3) is 0.250. The maximum absolute atomic E-state index is 12.4. The molecule has 5 rings (SSSR count). The average molecular weight is 541 g/mol. The van der Waals surface area contributed by atoms with Crippen LogP contribution in [0.15, 0.2) is 108 Å². The van der Waals surface area contributed by atoms with Gasteiger partial charge >= 0.3 is 0 Å². The monoisotopic (exact) mass is 540 g/mol. The molecule has 1 amide bonds. The third-order valence-corrected chi connectivity index (χ3v) is 7.93. The molecular weight excluding hydrogens is 508 g/mol. The van der Waals surface area contributed by atoms with Crippen molar-refractivity contribution in [2.24, 2.45) is 5.92 Å². The summed E-state index contributed by atoms with van der Waals surface area (Å²) in [6.45, 7) is 2.60. The van der Waals surface area contributed by atoms with Crippen molar-refractivity contribution >= 4 is 17.7 Å². The number of thioether (sulfide) groups is 1. The number of carbonyl (C=O) groups excluding carboxylic acids is 1. The molecule has 200 valence electrons. The van der Waals surface area contributed by atoms with Gasteiger partial charge in [-0.15, -0.1) is 11.8 Å². The van der Waals surface area contributed by atoms with Crippen molar-refractivity contribution in [1.82, 2.24) is 10.3 Å². The van der Waals surface area contributed by atoms with Crippen LogP contribution >= 0.6 is 11.8 Å². The molecule has 6 nitrogen and oxygen atoms in total. The highest BCUT2D eigenvalue weighted by molar-refractivity contribution is 7.99. The van der Waals surface area contributed by atoms with Crippen molar-refractivity contribution in [2.45, 2.75) is 43.6 Å². The SMILES string of the molecule is CC1C(CSc2ccccn2)OC(c2ccc(CNC(=O)c3ccccc3)cc2)OC1c1ccc(CO)cc1. The molecule has 0 bridgehead atoms. The van der Waals surface area contributed by atoms with Crippen LogP contribution in [-0.4, -0.2) is 27.9 Å². The lowest BCUT2D eigenvalue weighted by atomic mass is 9.91. The summed E-state index contributed by atoms with van der Waals surface area (Å²) in [5.41, 5.74) is 4.48. The minimum Gasteiger partial charge on any atom is -0.392 e. The second-order valence-electron chi connectivity index (χ2n) is 9.59. The van der Waals surface area contributed by atoms with E-state index in [1.807, 2.05) is 84.9 Å². The average Bonchev–Trinajstić information content (AvgIpc) is 3.00. The summed E-state index contributed by atoms with van der Waals surface area (Å²) in [5, 5.41) is 13.4. The number of amides is 1. The lowest BCUT2D eigenvalue weighted by Gasteiger charge is -2.41. The summed E-state index contributed by atoms with van der Waals surface area (Å²) >= 11 is 1.68. The van der Waals surface area contributed by atoms with E-state index >= 15 is 0 Å². The standard InChI is InChI=1S/C32H32N2O4S/c1-22-28(21-39-29-9-5-6-18-33-29)37-32(38-30(22)25-14-12-24(20-35)13-15-25)27-16-10-23(11-17-27)19-34-31(36)26-7-3-2-4-8-26/h2-18,22,28,30,32,35H,19-21H2,1H3,(H,34,36). The summed E-state index contributed by atoms with van der Waals surface area (Å²) in [4.78, 5) is 16.8. The topological polar surface area (TPSA) is 80.7 Å². The van der Waals surface area contributed by atoms with E-state index in [-0.39, 0.29) is 30.6 Å². The number of hydrogen-bond acceptors (Lipinski definition) is 6. The minimum atomic E-state index is -0.536. The van der Waals surface area contributed by atoms with Crippen LogP contribution in [-0.2, 0) is 22.6 Å². The van der Waals surface area contributed by atoms with Crippen molar-refractivity contribution in [1.29, 1.82) is 0 Å². The number of hydrogen-bond donors (Lipinski definition) is 2. The highest BCUT2D eigenvalue weighted by atomic mass is 32.2. The Kier molecular flexibility index (Phi) is 9.06. The molecule has 4 aromatic rings. The van der Waals surface area contributed by atoms with E-state index in [2.05, 4.69) is 17.2 Å². The second kappa shape index (κ2) is 13.0.